The zero-order valence-corrected chi connectivity index (χ0v) is 19.2. The summed E-state index contributed by atoms with van der Waals surface area (Å²) < 4.78 is 11.4. The fourth-order valence-electron chi connectivity index (χ4n) is 3.21. The number of fused-ring (bicyclic) bond motifs is 1. The Hall–Kier alpha value is -2.78. The van der Waals surface area contributed by atoms with E-state index >= 15 is 0 Å². The number of thioether (sulfide) groups is 1. The van der Waals surface area contributed by atoms with Gasteiger partial charge in [0.2, 0.25) is 17.8 Å². The van der Waals surface area contributed by atoms with Gasteiger partial charge in [0, 0.05) is 12.2 Å². The molecule has 0 saturated heterocycles. The summed E-state index contributed by atoms with van der Waals surface area (Å²) in [6, 6.07) is 11.9. The number of anilines is 2. The smallest absolute Gasteiger partial charge is 0.233 e. The van der Waals surface area contributed by atoms with Gasteiger partial charge in [0.1, 0.15) is 0 Å². The quantitative estimate of drug-likeness (QED) is 0.476. The normalized spacial score (nSPS) is 13.1. The van der Waals surface area contributed by atoms with Crippen LogP contribution in [0.4, 0.5) is 10.8 Å². The van der Waals surface area contributed by atoms with Crippen molar-refractivity contribution in [1.82, 2.24) is 15.5 Å². The van der Waals surface area contributed by atoms with Gasteiger partial charge < -0.3 is 20.1 Å². The SMILES string of the molecule is CCc1cccc(C)c1Nc1nnc(SC(C)C(=O)NCc2ccc3c(c2)OCO3)s1. The Morgan fingerprint density at radius 2 is 2.06 bits per heavy atom. The number of hydrogen-bond donors (Lipinski definition) is 2. The number of aromatic nitrogens is 2. The standard InChI is InChI=1S/C22H24N4O3S2/c1-4-16-7-5-6-13(2)19(16)24-21-25-26-22(31-21)30-14(3)20(27)23-11-15-8-9-17-18(10-15)29-12-28-17/h5-10,14H,4,11-12H2,1-3H3,(H,23,27)(H,24,25). The number of nitrogens with zero attached hydrogens (tertiary/aromatic N) is 2. The molecule has 4 rings (SSSR count). The largest absolute Gasteiger partial charge is 0.454 e. The highest BCUT2D eigenvalue weighted by molar-refractivity contribution is 8.02. The van der Waals surface area contributed by atoms with E-state index < -0.39 is 0 Å². The summed E-state index contributed by atoms with van der Waals surface area (Å²) in [5.41, 5.74) is 4.44. The van der Waals surface area contributed by atoms with Crippen LogP contribution in [0.2, 0.25) is 0 Å². The van der Waals surface area contributed by atoms with Crippen molar-refractivity contribution in [3.63, 3.8) is 0 Å². The number of para-hydroxylation sites is 1. The Morgan fingerprint density at radius 1 is 1.23 bits per heavy atom. The summed E-state index contributed by atoms with van der Waals surface area (Å²) in [5.74, 6) is 1.39. The number of ether oxygens (including phenoxy) is 2. The van der Waals surface area contributed by atoms with Gasteiger partial charge in [-0.3, -0.25) is 4.79 Å². The lowest BCUT2D eigenvalue weighted by Crippen LogP contribution is -2.30. The van der Waals surface area contributed by atoms with Crippen molar-refractivity contribution in [2.75, 3.05) is 12.1 Å². The molecule has 7 nitrogen and oxygen atoms in total. The molecule has 1 aliphatic heterocycles. The van der Waals surface area contributed by atoms with Crippen LogP contribution in [0.1, 0.15) is 30.5 Å². The van der Waals surface area contributed by atoms with Crippen LogP contribution in [0.15, 0.2) is 40.7 Å². The van der Waals surface area contributed by atoms with Gasteiger partial charge in [0.25, 0.3) is 0 Å². The van der Waals surface area contributed by atoms with Crippen LogP contribution in [0.3, 0.4) is 0 Å². The maximum Gasteiger partial charge on any atom is 0.233 e. The third kappa shape index (κ3) is 5.11. The monoisotopic (exact) mass is 456 g/mol. The Labute approximate surface area is 189 Å². The second-order valence-corrected chi connectivity index (χ2v) is 9.69. The first-order valence-corrected chi connectivity index (χ1v) is 11.7. The first kappa shape index (κ1) is 21.5. The van der Waals surface area contributed by atoms with E-state index in [0.29, 0.717) is 12.3 Å². The number of carbonyl (C=O) groups is 1. The first-order valence-electron chi connectivity index (χ1n) is 10.1. The van der Waals surface area contributed by atoms with Gasteiger partial charge in [-0.05, 0) is 49.1 Å². The van der Waals surface area contributed by atoms with Crippen LogP contribution < -0.4 is 20.1 Å². The van der Waals surface area contributed by atoms with E-state index in [1.807, 2.05) is 25.1 Å². The van der Waals surface area contributed by atoms with E-state index in [1.54, 1.807) is 0 Å². The Bertz CT molecular complexity index is 1090. The molecule has 1 amide bonds. The fraction of sp³-hybridized carbons (Fsp3) is 0.318. The van der Waals surface area contributed by atoms with Crippen molar-refractivity contribution in [2.45, 2.75) is 43.3 Å². The molecule has 0 fully saturated rings. The van der Waals surface area contributed by atoms with Gasteiger partial charge >= 0.3 is 0 Å². The summed E-state index contributed by atoms with van der Waals surface area (Å²) in [4.78, 5) is 12.5. The molecule has 1 atom stereocenters. The molecule has 1 aliphatic rings. The maximum atomic E-state index is 12.5. The van der Waals surface area contributed by atoms with Crippen LogP contribution in [-0.4, -0.2) is 28.1 Å². The van der Waals surface area contributed by atoms with Gasteiger partial charge in [-0.2, -0.15) is 0 Å². The van der Waals surface area contributed by atoms with Crippen LogP contribution in [0, 0.1) is 6.92 Å². The molecule has 31 heavy (non-hydrogen) atoms. The summed E-state index contributed by atoms with van der Waals surface area (Å²) in [7, 11) is 0. The molecule has 162 valence electrons. The van der Waals surface area contributed by atoms with Crippen molar-refractivity contribution in [3.05, 3.63) is 53.1 Å². The molecule has 2 heterocycles. The second-order valence-electron chi connectivity index (χ2n) is 7.13. The van der Waals surface area contributed by atoms with Crippen LogP contribution in [0.5, 0.6) is 11.5 Å². The average molecular weight is 457 g/mol. The molecule has 9 heteroatoms. The van der Waals surface area contributed by atoms with Crippen molar-refractivity contribution >= 4 is 39.8 Å². The van der Waals surface area contributed by atoms with Gasteiger partial charge in [0.15, 0.2) is 15.8 Å². The lowest BCUT2D eigenvalue weighted by Gasteiger charge is -2.11. The molecule has 0 aliphatic carbocycles. The Balaban J connectivity index is 1.32. The van der Waals surface area contributed by atoms with Crippen LogP contribution in [0.25, 0.3) is 0 Å². The molecule has 0 spiro atoms. The number of nitrogens with one attached hydrogen (secondary N) is 2. The molecule has 1 unspecified atom stereocenters. The highest BCUT2D eigenvalue weighted by atomic mass is 32.2. The van der Waals surface area contributed by atoms with Crippen molar-refractivity contribution in [1.29, 1.82) is 0 Å². The zero-order valence-electron chi connectivity index (χ0n) is 17.6. The Kier molecular flexibility index (Phi) is 6.62. The van der Waals surface area contributed by atoms with Crippen molar-refractivity contribution < 1.29 is 14.3 Å². The van der Waals surface area contributed by atoms with Gasteiger partial charge in [0.05, 0.1) is 5.25 Å². The van der Waals surface area contributed by atoms with Crippen LogP contribution >= 0.6 is 23.1 Å². The average Bonchev–Trinajstić information content (AvgIpc) is 3.42. The number of aryl methyl sites for hydroxylation is 2. The lowest BCUT2D eigenvalue weighted by atomic mass is 10.1. The topological polar surface area (TPSA) is 85.4 Å². The molecule has 2 aromatic carbocycles. The molecule has 3 aromatic rings. The molecule has 0 bridgehead atoms. The highest BCUT2D eigenvalue weighted by Crippen LogP contribution is 2.33. The molecule has 0 saturated carbocycles. The summed E-state index contributed by atoms with van der Waals surface area (Å²) in [6.45, 7) is 6.73. The number of benzene rings is 2. The minimum Gasteiger partial charge on any atom is -0.454 e. The number of rotatable bonds is 8. The Morgan fingerprint density at radius 3 is 2.90 bits per heavy atom. The zero-order chi connectivity index (χ0) is 21.8. The highest BCUT2D eigenvalue weighted by Gasteiger charge is 2.18. The molecular formula is C22H24N4O3S2. The van der Waals surface area contributed by atoms with Gasteiger partial charge in [-0.25, -0.2) is 0 Å². The van der Waals surface area contributed by atoms with E-state index in [-0.39, 0.29) is 18.0 Å². The second kappa shape index (κ2) is 9.57. The summed E-state index contributed by atoms with van der Waals surface area (Å²) in [5, 5.41) is 15.3. The van der Waals surface area contributed by atoms with Gasteiger partial charge in [-0.15, -0.1) is 10.2 Å². The summed E-state index contributed by atoms with van der Waals surface area (Å²) in [6.07, 6.45) is 0.936. The van der Waals surface area contributed by atoms with E-state index in [1.165, 1.54) is 34.2 Å². The number of amides is 1. The van der Waals surface area contributed by atoms with E-state index in [2.05, 4.69) is 52.9 Å². The predicted octanol–water partition coefficient (Wildman–Crippen LogP) is 4.68. The van der Waals surface area contributed by atoms with E-state index in [9.17, 15) is 4.79 Å². The fourth-order valence-corrected chi connectivity index (χ4v) is 5.13. The van der Waals surface area contributed by atoms with E-state index in [4.69, 9.17) is 9.47 Å². The maximum absolute atomic E-state index is 12.5. The summed E-state index contributed by atoms with van der Waals surface area (Å²) >= 11 is 2.85. The van der Waals surface area contributed by atoms with E-state index in [0.717, 1.165) is 32.9 Å². The molecule has 0 radical (unpaired) electrons. The molecule has 2 N–H and O–H groups in total. The molecular weight excluding hydrogens is 432 g/mol. The third-order valence-corrected chi connectivity index (χ3v) is 6.95. The minimum atomic E-state index is -0.292. The van der Waals surface area contributed by atoms with Crippen LogP contribution in [-0.2, 0) is 17.8 Å². The third-order valence-electron chi connectivity index (χ3n) is 4.93. The van der Waals surface area contributed by atoms with Crippen molar-refractivity contribution in [2.24, 2.45) is 0 Å². The number of carbonyl (C=O) groups excluding carboxylic acids is 1. The molecule has 1 aromatic heterocycles. The minimum absolute atomic E-state index is 0.0560. The van der Waals surface area contributed by atoms with Gasteiger partial charge in [-0.1, -0.05) is 54.3 Å². The first-order chi connectivity index (χ1) is 15.0. The van der Waals surface area contributed by atoms with Crippen molar-refractivity contribution in [3.8, 4) is 11.5 Å². The predicted molar refractivity (Wildman–Crippen MR) is 123 cm³/mol. The number of hydrogen-bond acceptors (Lipinski definition) is 8. The lowest BCUT2D eigenvalue weighted by molar-refractivity contribution is -0.120.